The Labute approximate surface area is 101 Å². The first-order valence-electron chi connectivity index (χ1n) is 5.71. The monoisotopic (exact) mass is 258 g/mol. The minimum atomic E-state index is -3.48. The maximum absolute atomic E-state index is 12.4. The second kappa shape index (κ2) is 4.40. The molecule has 0 amide bonds. The van der Waals surface area contributed by atoms with E-state index in [1.165, 1.54) is 4.31 Å². The molecule has 2 rings (SSSR count). The van der Waals surface area contributed by atoms with Gasteiger partial charge in [0.05, 0.1) is 0 Å². The average molecular weight is 258 g/mol. The molecule has 96 valence electrons. The molecule has 0 bridgehead atoms. The first kappa shape index (κ1) is 12.5. The molecule has 1 aromatic rings. The van der Waals surface area contributed by atoms with Gasteiger partial charge in [0.1, 0.15) is 0 Å². The third kappa shape index (κ3) is 2.10. The molecule has 1 fully saturated rings. The smallest absolute Gasteiger partial charge is 0.262 e. The minimum absolute atomic E-state index is 0.0894. The molecular formula is C10H18N4O2S. The maximum Gasteiger partial charge on any atom is 0.262 e. The molecule has 1 aromatic heterocycles. The van der Waals surface area contributed by atoms with Crippen LogP contribution in [0.25, 0.3) is 0 Å². The van der Waals surface area contributed by atoms with E-state index in [2.05, 4.69) is 17.1 Å². The number of rotatable bonds is 3. The van der Waals surface area contributed by atoms with Crippen molar-refractivity contribution in [2.45, 2.75) is 31.8 Å². The van der Waals surface area contributed by atoms with Gasteiger partial charge < -0.3 is 5.73 Å². The summed E-state index contributed by atoms with van der Waals surface area (Å²) in [6, 6.07) is 0. The van der Waals surface area contributed by atoms with Crippen molar-refractivity contribution in [3.8, 4) is 0 Å². The summed E-state index contributed by atoms with van der Waals surface area (Å²) in [5.41, 5.74) is 6.88. The van der Waals surface area contributed by atoms with E-state index < -0.39 is 10.0 Å². The zero-order valence-electron chi connectivity index (χ0n) is 10.1. The third-order valence-corrected chi connectivity index (χ3v) is 5.05. The highest BCUT2D eigenvalue weighted by atomic mass is 32.2. The van der Waals surface area contributed by atoms with Gasteiger partial charge in [-0.05, 0) is 19.3 Å². The molecule has 1 unspecified atom stereocenters. The molecule has 1 aliphatic rings. The van der Waals surface area contributed by atoms with Crippen LogP contribution in [0.1, 0.15) is 24.6 Å². The maximum atomic E-state index is 12.4. The highest BCUT2D eigenvalue weighted by molar-refractivity contribution is 7.89. The van der Waals surface area contributed by atoms with Gasteiger partial charge in [0.25, 0.3) is 10.0 Å². The average Bonchev–Trinajstić information content (AvgIpc) is 2.84. The van der Waals surface area contributed by atoms with Crippen LogP contribution in [0.2, 0.25) is 0 Å². The van der Waals surface area contributed by atoms with Gasteiger partial charge in [-0.15, -0.1) is 0 Å². The summed E-state index contributed by atoms with van der Waals surface area (Å²) in [5.74, 6) is 0.408. The Bertz CT molecular complexity index is 508. The van der Waals surface area contributed by atoms with Gasteiger partial charge in [-0.3, -0.25) is 5.10 Å². The highest BCUT2D eigenvalue weighted by Gasteiger charge is 2.34. The lowest BCUT2D eigenvalue weighted by Gasteiger charge is -2.15. The van der Waals surface area contributed by atoms with Crippen LogP contribution >= 0.6 is 0 Å². The summed E-state index contributed by atoms with van der Waals surface area (Å²) in [6.07, 6.45) is 0.903. The van der Waals surface area contributed by atoms with Crippen LogP contribution in [0.5, 0.6) is 0 Å². The van der Waals surface area contributed by atoms with Gasteiger partial charge in [-0.25, -0.2) is 8.42 Å². The number of nitrogens with zero attached hydrogens (tertiary/aromatic N) is 2. The Hall–Kier alpha value is -0.920. The summed E-state index contributed by atoms with van der Waals surface area (Å²) in [6.45, 7) is 5.15. The topological polar surface area (TPSA) is 92.1 Å². The van der Waals surface area contributed by atoms with Crippen molar-refractivity contribution in [2.75, 3.05) is 13.1 Å². The quantitative estimate of drug-likeness (QED) is 0.810. The van der Waals surface area contributed by atoms with E-state index in [0.717, 1.165) is 12.1 Å². The molecule has 17 heavy (non-hydrogen) atoms. The van der Waals surface area contributed by atoms with Crippen molar-refractivity contribution in [2.24, 2.45) is 11.7 Å². The fourth-order valence-corrected chi connectivity index (χ4v) is 3.87. The highest BCUT2D eigenvalue weighted by Crippen LogP contribution is 2.25. The van der Waals surface area contributed by atoms with Crippen molar-refractivity contribution in [3.05, 3.63) is 11.3 Å². The molecule has 0 aliphatic carbocycles. The number of hydrogen-bond acceptors (Lipinski definition) is 4. The summed E-state index contributed by atoms with van der Waals surface area (Å²) >= 11 is 0. The molecule has 1 aliphatic heterocycles. The van der Waals surface area contributed by atoms with E-state index >= 15 is 0 Å². The predicted octanol–water partition coefficient (Wildman–Crippen LogP) is 0.207. The lowest BCUT2D eigenvalue weighted by Crippen LogP contribution is -2.30. The van der Waals surface area contributed by atoms with Gasteiger partial charge in [0, 0.05) is 30.9 Å². The fourth-order valence-electron chi connectivity index (χ4n) is 2.12. The molecule has 0 spiro atoms. The van der Waals surface area contributed by atoms with Gasteiger partial charge in [0.2, 0.25) is 0 Å². The van der Waals surface area contributed by atoms with Crippen molar-refractivity contribution in [3.63, 3.8) is 0 Å². The van der Waals surface area contributed by atoms with E-state index in [1.807, 2.05) is 0 Å². The third-order valence-electron chi connectivity index (χ3n) is 3.21. The SMILES string of the molecule is Cc1[nH]nc(S(=O)(=O)N2CCC(C)C2)c1CN. The van der Waals surface area contributed by atoms with Crippen LogP contribution in [0.4, 0.5) is 0 Å². The van der Waals surface area contributed by atoms with Crippen LogP contribution in [-0.2, 0) is 16.6 Å². The summed E-state index contributed by atoms with van der Waals surface area (Å²) in [4.78, 5) is 0. The molecule has 2 heterocycles. The van der Waals surface area contributed by atoms with Crippen molar-refractivity contribution >= 4 is 10.0 Å². The Balaban J connectivity index is 2.38. The van der Waals surface area contributed by atoms with Gasteiger partial charge in [-0.2, -0.15) is 9.40 Å². The predicted molar refractivity (Wildman–Crippen MR) is 63.8 cm³/mol. The molecule has 0 aromatic carbocycles. The van der Waals surface area contributed by atoms with Gasteiger partial charge in [-0.1, -0.05) is 6.92 Å². The van der Waals surface area contributed by atoms with Gasteiger partial charge >= 0.3 is 0 Å². The van der Waals surface area contributed by atoms with Crippen molar-refractivity contribution in [1.29, 1.82) is 0 Å². The van der Waals surface area contributed by atoms with Crippen molar-refractivity contribution < 1.29 is 8.42 Å². The van der Waals surface area contributed by atoms with Crippen LogP contribution in [0.3, 0.4) is 0 Å². The standard InChI is InChI=1S/C10H18N4O2S/c1-7-3-4-14(6-7)17(15,16)10-9(5-11)8(2)12-13-10/h7H,3-6,11H2,1-2H3,(H,12,13). The fraction of sp³-hybridized carbons (Fsp3) is 0.700. The van der Waals surface area contributed by atoms with E-state index in [-0.39, 0.29) is 11.6 Å². The van der Waals surface area contributed by atoms with E-state index in [4.69, 9.17) is 5.73 Å². The minimum Gasteiger partial charge on any atom is -0.326 e. The van der Waals surface area contributed by atoms with Crippen LogP contribution in [-0.4, -0.2) is 36.0 Å². The van der Waals surface area contributed by atoms with Crippen LogP contribution in [0.15, 0.2) is 5.03 Å². The first-order chi connectivity index (χ1) is 7.96. The Kier molecular flexibility index (Phi) is 3.24. The summed E-state index contributed by atoms with van der Waals surface area (Å²) in [5, 5.41) is 6.68. The largest absolute Gasteiger partial charge is 0.326 e. The number of aromatic amines is 1. The lowest BCUT2D eigenvalue weighted by molar-refractivity contribution is 0.460. The second-order valence-corrected chi connectivity index (χ2v) is 6.45. The molecule has 3 N–H and O–H groups in total. The molecule has 6 nitrogen and oxygen atoms in total. The van der Waals surface area contributed by atoms with Crippen LogP contribution in [0, 0.1) is 12.8 Å². The summed E-state index contributed by atoms with van der Waals surface area (Å²) < 4.78 is 26.2. The number of sulfonamides is 1. The zero-order valence-corrected chi connectivity index (χ0v) is 10.9. The molecule has 1 saturated heterocycles. The molecule has 0 radical (unpaired) electrons. The number of hydrogen-bond donors (Lipinski definition) is 2. The second-order valence-electron chi connectivity index (χ2n) is 4.59. The molecule has 0 saturated carbocycles. The summed E-state index contributed by atoms with van der Waals surface area (Å²) in [7, 11) is -3.48. The zero-order chi connectivity index (χ0) is 12.6. The lowest BCUT2D eigenvalue weighted by atomic mass is 10.2. The molecular weight excluding hydrogens is 240 g/mol. The van der Waals surface area contributed by atoms with Gasteiger partial charge in [0.15, 0.2) is 5.03 Å². The van der Waals surface area contributed by atoms with E-state index in [0.29, 0.717) is 24.6 Å². The van der Waals surface area contributed by atoms with Crippen LogP contribution < -0.4 is 5.73 Å². The Morgan fingerprint density at radius 3 is 2.82 bits per heavy atom. The normalized spacial score (nSPS) is 22.2. The molecule has 7 heteroatoms. The number of nitrogens with two attached hydrogens (primary N) is 1. The Morgan fingerprint density at radius 1 is 1.59 bits per heavy atom. The van der Waals surface area contributed by atoms with E-state index in [9.17, 15) is 8.42 Å². The number of aryl methyl sites for hydroxylation is 1. The number of aromatic nitrogens is 2. The number of nitrogens with one attached hydrogen (secondary N) is 1. The first-order valence-corrected chi connectivity index (χ1v) is 7.15. The van der Waals surface area contributed by atoms with Crippen molar-refractivity contribution in [1.82, 2.24) is 14.5 Å². The number of H-pyrrole nitrogens is 1. The Morgan fingerprint density at radius 2 is 2.29 bits per heavy atom. The van der Waals surface area contributed by atoms with E-state index in [1.54, 1.807) is 6.92 Å². The molecule has 1 atom stereocenters.